The summed E-state index contributed by atoms with van der Waals surface area (Å²) < 4.78 is 7.55. The molecule has 0 aliphatic carbocycles. The highest BCUT2D eigenvalue weighted by atomic mass is 16.5. The lowest BCUT2D eigenvalue weighted by Crippen LogP contribution is -2.42. The molecule has 0 saturated carbocycles. The number of H-pyrrole nitrogens is 1. The van der Waals surface area contributed by atoms with Crippen molar-refractivity contribution in [1.29, 1.82) is 5.26 Å². The zero-order valence-corrected chi connectivity index (χ0v) is 17.2. The third-order valence-corrected chi connectivity index (χ3v) is 5.85. The second-order valence-electron chi connectivity index (χ2n) is 8.03. The van der Waals surface area contributed by atoms with E-state index in [0.29, 0.717) is 29.9 Å². The van der Waals surface area contributed by atoms with Gasteiger partial charge in [-0.05, 0) is 50.1 Å². The molecule has 1 saturated heterocycles. The van der Waals surface area contributed by atoms with Crippen molar-refractivity contribution in [1.82, 2.24) is 19.7 Å². The molecule has 0 spiro atoms. The third-order valence-electron chi connectivity index (χ3n) is 5.85. The molecule has 0 bridgehead atoms. The first-order valence-electron chi connectivity index (χ1n) is 10.3. The maximum absolute atomic E-state index is 12.7. The Labute approximate surface area is 178 Å². The Balaban J connectivity index is 1.63. The predicted octanol–water partition coefficient (Wildman–Crippen LogP) is 3.74. The van der Waals surface area contributed by atoms with Gasteiger partial charge in [-0.1, -0.05) is 6.07 Å². The number of nitrogens with one attached hydrogen (secondary N) is 2. The molecule has 1 fully saturated rings. The summed E-state index contributed by atoms with van der Waals surface area (Å²) in [6, 6.07) is 14.0. The van der Waals surface area contributed by atoms with Crippen LogP contribution >= 0.6 is 0 Å². The van der Waals surface area contributed by atoms with E-state index in [1.807, 2.05) is 48.0 Å². The van der Waals surface area contributed by atoms with E-state index in [1.54, 1.807) is 6.20 Å². The Morgan fingerprint density at radius 2 is 2.23 bits per heavy atom. The Morgan fingerprint density at radius 1 is 1.32 bits per heavy atom. The zero-order chi connectivity index (χ0) is 21.4. The maximum atomic E-state index is 12.7. The second kappa shape index (κ2) is 7.52. The average Bonchev–Trinajstić information content (AvgIpc) is 3.15. The molecule has 0 radical (unpaired) electrons. The molecule has 31 heavy (non-hydrogen) atoms. The van der Waals surface area contributed by atoms with Crippen LogP contribution in [-0.4, -0.2) is 33.0 Å². The van der Waals surface area contributed by atoms with E-state index in [4.69, 9.17) is 9.84 Å². The van der Waals surface area contributed by atoms with Crippen LogP contribution in [0.2, 0.25) is 0 Å². The van der Waals surface area contributed by atoms with Gasteiger partial charge in [-0.15, -0.1) is 0 Å². The normalized spacial score (nSPS) is 18.8. The highest BCUT2D eigenvalue weighted by Crippen LogP contribution is 2.35. The third kappa shape index (κ3) is 3.33. The molecule has 0 amide bonds. The van der Waals surface area contributed by atoms with Crippen molar-refractivity contribution in [3.63, 3.8) is 0 Å². The number of nitrogens with zero attached hydrogens (tertiary/aromatic N) is 4. The van der Waals surface area contributed by atoms with Gasteiger partial charge >= 0.3 is 0 Å². The molecule has 1 aliphatic rings. The number of hydrogen-bond donors (Lipinski definition) is 2. The number of aromatic nitrogens is 4. The van der Waals surface area contributed by atoms with Gasteiger partial charge in [-0.3, -0.25) is 14.5 Å². The summed E-state index contributed by atoms with van der Waals surface area (Å²) in [7, 11) is 0. The van der Waals surface area contributed by atoms with Crippen LogP contribution in [0.25, 0.3) is 21.8 Å². The summed E-state index contributed by atoms with van der Waals surface area (Å²) in [6.07, 6.45) is 3.48. The molecule has 156 valence electrons. The van der Waals surface area contributed by atoms with Gasteiger partial charge in [0.15, 0.2) is 5.82 Å². The predicted molar refractivity (Wildman–Crippen MR) is 118 cm³/mol. The number of pyridine rings is 2. The van der Waals surface area contributed by atoms with Crippen molar-refractivity contribution >= 4 is 33.3 Å². The topological polar surface area (TPSA) is 109 Å². The van der Waals surface area contributed by atoms with Crippen LogP contribution in [0.3, 0.4) is 0 Å². The van der Waals surface area contributed by atoms with Gasteiger partial charge in [0.1, 0.15) is 5.39 Å². The van der Waals surface area contributed by atoms with E-state index in [2.05, 4.69) is 21.4 Å². The summed E-state index contributed by atoms with van der Waals surface area (Å²) in [5.74, 6) is 0.458. The van der Waals surface area contributed by atoms with Gasteiger partial charge in [0.05, 0.1) is 35.7 Å². The number of fused-ring (bicyclic) bond motifs is 2. The van der Waals surface area contributed by atoms with Gasteiger partial charge < -0.3 is 15.0 Å². The lowest BCUT2D eigenvalue weighted by Gasteiger charge is -2.35. The molecule has 1 atom stereocenters. The number of ether oxygens (including phenoxy) is 1. The largest absolute Gasteiger partial charge is 0.379 e. The summed E-state index contributed by atoms with van der Waals surface area (Å²) in [5.41, 5.74) is 2.54. The minimum atomic E-state index is -0.593. The molecule has 4 heterocycles. The van der Waals surface area contributed by atoms with Crippen molar-refractivity contribution in [2.45, 2.75) is 31.7 Å². The van der Waals surface area contributed by atoms with Crippen molar-refractivity contribution < 1.29 is 4.74 Å². The Bertz CT molecular complexity index is 1370. The fourth-order valence-corrected chi connectivity index (χ4v) is 4.33. The summed E-state index contributed by atoms with van der Waals surface area (Å²) >= 11 is 0. The highest BCUT2D eigenvalue weighted by Gasteiger charge is 2.38. The standard InChI is InChI=1S/C23H22N6O2/c1-15-3-4-16-13-17(5-6-18(16)26-15)27-21-20-19(7-11-25-22(20)30)29(28-21)23(9-10-24)8-2-12-31-14-23/h3-7,11,13H,2,8-9,12,14H2,1H3,(H,25,30)(H,27,28). The first-order chi connectivity index (χ1) is 15.1. The van der Waals surface area contributed by atoms with Crippen LogP contribution in [0.5, 0.6) is 0 Å². The molecule has 8 nitrogen and oxygen atoms in total. The molecule has 3 aromatic heterocycles. The van der Waals surface area contributed by atoms with Crippen LogP contribution in [-0.2, 0) is 10.3 Å². The molecular weight excluding hydrogens is 392 g/mol. The smallest absolute Gasteiger partial charge is 0.261 e. The highest BCUT2D eigenvalue weighted by molar-refractivity contribution is 5.92. The zero-order valence-electron chi connectivity index (χ0n) is 17.2. The summed E-state index contributed by atoms with van der Waals surface area (Å²) in [5, 5.41) is 19.1. The minimum absolute atomic E-state index is 0.229. The maximum Gasteiger partial charge on any atom is 0.261 e. The lowest BCUT2D eigenvalue weighted by molar-refractivity contribution is -0.00174. The first kappa shape index (κ1) is 19.3. The first-order valence-corrected chi connectivity index (χ1v) is 10.3. The van der Waals surface area contributed by atoms with E-state index in [9.17, 15) is 10.1 Å². The Hall–Kier alpha value is -3.70. The fourth-order valence-electron chi connectivity index (χ4n) is 4.33. The van der Waals surface area contributed by atoms with E-state index >= 15 is 0 Å². The van der Waals surface area contributed by atoms with E-state index in [-0.39, 0.29) is 12.0 Å². The molecule has 2 N–H and O–H groups in total. The molecule has 1 aliphatic heterocycles. The van der Waals surface area contributed by atoms with Gasteiger partial charge in [-0.25, -0.2) is 0 Å². The van der Waals surface area contributed by atoms with E-state index in [1.165, 1.54) is 0 Å². The van der Waals surface area contributed by atoms with Crippen LogP contribution in [0.1, 0.15) is 25.0 Å². The lowest BCUT2D eigenvalue weighted by atomic mass is 9.89. The number of aromatic amines is 1. The van der Waals surface area contributed by atoms with Crippen LogP contribution in [0.4, 0.5) is 11.5 Å². The van der Waals surface area contributed by atoms with Gasteiger partial charge in [0.2, 0.25) is 0 Å². The van der Waals surface area contributed by atoms with Crippen LogP contribution < -0.4 is 10.9 Å². The molecule has 5 rings (SSSR count). The summed E-state index contributed by atoms with van der Waals surface area (Å²) in [4.78, 5) is 20.0. The number of rotatable bonds is 4. The molecule has 8 heteroatoms. The number of aryl methyl sites for hydroxylation is 1. The van der Waals surface area contributed by atoms with Crippen molar-refractivity contribution in [2.24, 2.45) is 0 Å². The van der Waals surface area contributed by atoms with Gasteiger partial charge in [-0.2, -0.15) is 10.4 Å². The Kier molecular flexibility index (Phi) is 4.68. The molecule has 1 unspecified atom stereocenters. The van der Waals surface area contributed by atoms with E-state index < -0.39 is 5.54 Å². The second-order valence-corrected chi connectivity index (χ2v) is 8.03. The number of nitriles is 1. The van der Waals surface area contributed by atoms with Crippen molar-refractivity contribution in [3.8, 4) is 6.07 Å². The number of hydrogen-bond acceptors (Lipinski definition) is 6. The van der Waals surface area contributed by atoms with Gasteiger partial charge in [0, 0.05) is 29.6 Å². The molecule has 1 aromatic carbocycles. The minimum Gasteiger partial charge on any atom is -0.379 e. The SMILES string of the molecule is Cc1ccc2cc(Nc3nn(C4(CC#N)CCCOC4)c4cc[nH]c(=O)c34)ccc2n1. The van der Waals surface area contributed by atoms with Crippen LogP contribution in [0.15, 0.2) is 47.4 Å². The number of benzene rings is 1. The molecular formula is C23H22N6O2. The Morgan fingerprint density at radius 3 is 3.03 bits per heavy atom. The summed E-state index contributed by atoms with van der Waals surface area (Å²) in [6.45, 7) is 3.02. The van der Waals surface area contributed by atoms with E-state index in [0.717, 1.165) is 35.1 Å². The average molecular weight is 414 g/mol. The van der Waals surface area contributed by atoms with Crippen molar-refractivity contribution in [2.75, 3.05) is 18.5 Å². The van der Waals surface area contributed by atoms with Crippen LogP contribution in [0, 0.1) is 18.3 Å². The number of anilines is 2. The fraction of sp³-hybridized carbons (Fsp3) is 0.304. The molecule has 4 aromatic rings. The van der Waals surface area contributed by atoms with Gasteiger partial charge in [0.25, 0.3) is 5.56 Å². The van der Waals surface area contributed by atoms with Crippen molar-refractivity contribution in [3.05, 3.63) is 58.6 Å². The monoisotopic (exact) mass is 414 g/mol. The quantitative estimate of drug-likeness (QED) is 0.527.